The van der Waals surface area contributed by atoms with E-state index in [-0.39, 0.29) is 17.5 Å². The van der Waals surface area contributed by atoms with Gasteiger partial charge in [0.15, 0.2) is 0 Å². The molecule has 2 N–H and O–H groups in total. The van der Waals surface area contributed by atoms with Gasteiger partial charge < -0.3 is 5.32 Å². The number of nitrogens with one attached hydrogen (secondary N) is 2. The normalized spacial score (nSPS) is 10.4. The second-order valence-electron chi connectivity index (χ2n) is 4.06. The molecule has 0 saturated heterocycles. The predicted octanol–water partition coefficient (Wildman–Crippen LogP) is 1.49. The van der Waals surface area contributed by atoms with E-state index in [2.05, 4.69) is 20.5 Å². The number of benzene rings is 1. The van der Waals surface area contributed by atoms with Crippen molar-refractivity contribution < 1.29 is 9.18 Å². The number of hydrogen-bond acceptors (Lipinski definition) is 3. The zero-order valence-electron chi connectivity index (χ0n) is 10.1. The first-order chi connectivity index (χ1) is 8.58. The zero-order chi connectivity index (χ0) is 13.1. The number of amides is 1. The van der Waals surface area contributed by atoms with E-state index < -0.39 is 0 Å². The van der Waals surface area contributed by atoms with Crippen molar-refractivity contribution in [2.75, 3.05) is 0 Å². The molecule has 0 fully saturated rings. The lowest BCUT2D eigenvalue weighted by molar-refractivity contribution is 0.0941. The predicted molar refractivity (Wildman–Crippen MR) is 63.4 cm³/mol. The van der Waals surface area contributed by atoms with Crippen LogP contribution in [0.4, 0.5) is 4.39 Å². The van der Waals surface area contributed by atoms with Crippen LogP contribution in [0.25, 0.3) is 0 Å². The lowest BCUT2D eigenvalue weighted by Crippen LogP contribution is -2.24. The van der Waals surface area contributed by atoms with Crippen LogP contribution in [0.3, 0.4) is 0 Å². The van der Waals surface area contributed by atoms with Gasteiger partial charge in [-0.25, -0.2) is 9.37 Å². The van der Waals surface area contributed by atoms with Crippen LogP contribution in [0.15, 0.2) is 18.5 Å². The first-order valence-corrected chi connectivity index (χ1v) is 5.47. The number of aromatic amines is 1. The molecule has 0 atom stereocenters. The lowest BCUT2D eigenvalue weighted by atomic mass is 10.1. The minimum Gasteiger partial charge on any atom is -0.345 e. The summed E-state index contributed by atoms with van der Waals surface area (Å²) in [5.74, 6) is -0.391. The summed E-state index contributed by atoms with van der Waals surface area (Å²) in [5, 5.41) is 8.74. The van der Waals surface area contributed by atoms with E-state index in [4.69, 9.17) is 0 Å². The largest absolute Gasteiger partial charge is 0.345 e. The fourth-order valence-corrected chi connectivity index (χ4v) is 1.72. The summed E-state index contributed by atoms with van der Waals surface area (Å²) in [5.41, 5.74) is 1.98. The quantitative estimate of drug-likeness (QED) is 0.864. The fourth-order valence-electron chi connectivity index (χ4n) is 1.72. The number of aromatic nitrogens is 3. The van der Waals surface area contributed by atoms with Gasteiger partial charge in [-0.05, 0) is 30.5 Å². The highest BCUT2D eigenvalue weighted by Gasteiger charge is 2.09. The summed E-state index contributed by atoms with van der Waals surface area (Å²) in [6.45, 7) is 3.72. The Bertz CT molecular complexity index is 542. The van der Waals surface area contributed by atoms with Crippen molar-refractivity contribution in [1.82, 2.24) is 20.5 Å². The molecule has 1 amide bonds. The lowest BCUT2D eigenvalue weighted by Gasteiger charge is -2.07. The first-order valence-electron chi connectivity index (χ1n) is 5.47. The molecule has 0 radical (unpaired) electrons. The first kappa shape index (κ1) is 12.2. The molecule has 0 saturated carbocycles. The molecular weight excluding hydrogens is 235 g/mol. The molecule has 0 spiro atoms. The number of carbonyl (C=O) groups is 1. The van der Waals surface area contributed by atoms with E-state index in [1.807, 2.05) is 0 Å². The maximum Gasteiger partial charge on any atom is 0.288 e. The maximum absolute atomic E-state index is 13.4. The molecule has 94 valence electrons. The van der Waals surface area contributed by atoms with E-state index >= 15 is 0 Å². The Morgan fingerprint density at radius 2 is 2.06 bits per heavy atom. The smallest absolute Gasteiger partial charge is 0.288 e. The Balaban J connectivity index is 2.05. The monoisotopic (exact) mass is 248 g/mol. The molecule has 2 aromatic rings. The van der Waals surface area contributed by atoms with Gasteiger partial charge >= 0.3 is 0 Å². The van der Waals surface area contributed by atoms with E-state index in [9.17, 15) is 9.18 Å². The van der Waals surface area contributed by atoms with Crippen LogP contribution in [0, 0.1) is 19.7 Å². The van der Waals surface area contributed by atoms with Crippen molar-refractivity contribution in [2.45, 2.75) is 20.4 Å². The molecule has 2 rings (SSSR count). The van der Waals surface area contributed by atoms with Gasteiger partial charge in [-0.15, -0.1) is 0 Å². The Morgan fingerprint density at radius 3 is 2.61 bits per heavy atom. The van der Waals surface area contributed by atoms with E-state index in [1.165, 1.54) is 6.33 Å². The standard InChI is InChI=1S/C12H13FN4O/c1-7-3-9(4-8(2)10(7)13)5-14-12(18)11-15-6-16-17-11/h3-4,6H,5H2,1-2H3,(H,14,18)(H,15,16,17). The topological polar surface area (TPSA) is 70.7 Å². The van der Waals surface area contributed by atoms with E-state index in [1.54, 1.807) is 26.0 Å². The van der Waals surface area contributed by atoms with Gasteiger partial charge in [-0.3, -0.25) is 9.89 Å². The SMILES string of the molecule is Cc1cc(CNC(=O)c2ncn[nH]2)cc(C)c1F. The van der Waals surface area contributed by atoms with Gasteiger partial charge in [0, 0.05) is 6.54 Å². The second kappa shape index (κ2) is 4.95. The highest BCUT2D eigenvalue weighted by molar-refractivity contribution is 5.90. The highest BCUT2D eigenvalue weighted by atomic mass is 19.1. The zero-order valence-corrected chi connectivity index (χ0v) is 10.1. The van der Waals surface area contributed by atoms with Crippen LogP contribution in [0.1, 0.15) is 27.3 Å². The summed E-state index contributed by atoms with van der Waals surface area (Å²) in [7, 11) is 0. The minimum absolute atomic E-state index is 0.158. The molecule has 6 heteroatoms. The minimum atomic E-state index is -0.341. The molecule has 0 unspecified atom stereocenters. The number of rotatable bonds is 3. The summed E-state index contributed by atoms with van der Waals surface area (Å²) in [6, 6.07) is 3.42. The Kier molecular flexibility index (Phi) is 3.36. The van der Waals surface area contributed by atoms with Crippen molar-refractivity contribution >= 4 is 5.91 Å². The molecule has 5 nitrogen and oxygen atoms in total. The number of halogens is 1. The van der Waals surface area contributed by atoms with Gasteiger partial charge in [-0.1, -0.05) is 12.1 Å². The van der Waals surface area contributed by atoms with Crippen LogP contribution in [0.2, 0.25) is 0 Å². The van der Waals surface area contributed by atoms with E-state index in [0.717, 1.165) is 5.56 Å². The average Bonchev–Trinajstić information content (AvgIpc) is 2.86. The Labute approximate surface area is 103 Å². The van der Waals surface area contributed by atoms with Crippen LogP contribution in [-0.4, -0.2) is 21.1 Å². The van der Waals surface area contributed by atoms with Crippen molar-refractivity contribution in [3.63, 3.8) is 0 Å². The Morgan fingerprint density at radius 1 is 1.39 bits per heavy atom. The van der Waals surface area contributed by atoms with Crippen LogP contribution in [-0.2, 0) is 6.54 Å². The van der Waals surface area contributed by atoms with Gasteiger partial charge in [0.1, 0.15) is 12.1 Å². The third-order valence-electron chi connectivity index (χ3n) is 2.58. The average molecular weight is 248 g/mol. The molecule has 1 aromatic carbocycles. The third kappa shape index (κ3) is 2.53. The van der Waals surface area contributed by atoms with Gasteiger partial charge in [0.05, 0.1) is 0 Å². The van der Waals surface area contributed by atoms with Gasteiger partial charge in [0.25, 0.3) is 5.91 Å². The summed E-state index contributed by atoms with van der Waals surface area (Å²) in [6.07, 6.45) is 1.26. The maximum atomic E-state index is 13.4. The highest BCUT2D eigenvalue weighted by Crippen LogP contribution is 2.14. The van der Waals surface area contributed by atoms with Crippen molar-refractivity contribution in [1.29, 1.82) is 0 Å². The Hall–Kier alpha value is -2.24. The van der Waals surface area contributed by atoms with Crippen LogP contribution in [0.5, 0.6) is 0 Å². The van der Waals surface area contributed by atoms with Crippen molar-refractivity contribution in [3.05, 3.63) is 46.8 Å². The molecule has 18 heavy (non-hydrogen) atoms. The van der Waals surface area contributed by atoms with Crippen LogP contribution < -0.4 is 5.32 Å². The fraction of sp³-hybridized carbons (Fsp3) is 0.250. The molecule has 0 bridgehead atoms. The van der Waals surface area contributed by atoms with E-state index in [0.29, 0.717) is 17.7 Å². The van der Waals surface area contributed by atoms with Crippen LogP contribution >= 0.6 is 0 Å². The number of carbonyl (C=O) groups excluding carboxylic acids is 1. The van der Waals surface area contributed by atoms with Gasteiger partial charge in [-0.2, -0.15) is 5.10 Å². The number of aryl methyl sites for hydroxylation is 2. The number of nitrogens with zero attached hydrogens (tertiary/aromatic N) is 2. The number of H-pyrrole nitrogens is 1. The van der Waals surface area contributed by atoms with Crippen molar-refractivity contribution in [2.24, 2.45) is 0 Å². The molecule has 1 heterocycles. The summed E-state index contributed by atoms with van der Waals surface area (Å²) < 4.78 is 13.4. The molecule has 0 aliphatic carbocycles. The second-order valence-corrected chi connectivity index (χ2v) is 4.06. The van der Waals surface area contributed by atoms with Gasteiger partial charge in [0.2, 0.25) is 5.82 Å². The van der Waals surface area contributed by atoms with Crippen molar-refractivity contribution in [3.8, 4) is 0 Å². The summed E-state index contributed by atoms with van der Waals surface area (Å²) >= 11 is 0. The summed E-state index contributed by atoms with van der Waals surface area (Å²) in [4.78, 5) is 15.3. The third-order valence-corrected chi connectivity index (χ3v) is 2.58. The molecule has 0 aliphatic rings. The molecule has 1 aromatic heterocycles. The molecular formula is C12H13FN4O. The number of hydrogen-bond donors (Lipinski definition) is 2. The molecule has 0 aliphatic heterocycles.